The molecule has 3 aromatic carbocycles. The zero-order valence-corrected chi connectivity index (χ0v) is 21.4. The summed E-state index contributed by atoms with van der Waals surface area (Å²) < 4.78 is 17.9. The molecule has 2 aliphatic rings. The van der Waals surface area contributed by atoms with Crippen LogP contribution in [0.15, 0.2) is 66.7 Å². The Morgan fingerprint density at radius 2 is 1.95 bits per heavy atom. The van der Waals surface area contributed by atoms with Crippen LogP contribution in [0.4, 0.5) is 0 Å². The number of aryl methyl sites for hydroxylation is 1. The van der Waals surface area contributed by atoms with Gasteiger partial charge in [0.2, 0.25) is 11.8 Å². The molecule has 38 heavy (non-hydrogen) atoms. The second-order valence-corrected chi connectivity index (χ2v) is 9.73. The number of nitrogens with zero attached hydrogens (tertiary/aromatic N) is 1. The van der Waals surface area contributed by atoms with E-state index < -0.39 is 0 Å². The number of methoxy groups -OCH3 is 1. The summed E-state index contributed by atoms with van der Waals surface area (Å²) in [5.41, 5.74) is 2.65. The summed E-state index contributed by atoms with van der Waals surface area (Å²) in [6, 6.07) is 19.8. The van der Waals surface area contributed by atoms with Crippen LogP contribution in [-0.2, 0) is 33.8 Å². The maximum atomic E-state index is 13.1. The Morgan fingerprint density at radius 1 is 1.08 bits per heavy atom. The van der Waals surface area contributed by atoms with Crippen LogP contribution >= 0.6 is 0 Å². The fourth-order valence-electron chi connectivity index (χ4n) is 4.97. The molecule has 1 fully saturated rings. The fraction of sp³-hybridized carbons (Fsp3) is 0.333. The van der Waals surface area contributed by atoms with Gasteiger partial charge >= 0.3 is 0 Å². The number of ether oxygens (including phenoxy) is 3. The summed E-state index contributed by atoms with van der Waals surface area (Å²) in [7, 11) is 1.60. The van der Waals surface area contributed by atoms with E-state index in [1.807, 2.05) is 48.5 Å². The summed E-state index contributed by atoms with van der Waals surface area (Å²) in [6.07, 6.45) is 1.38. The van der Waals surface area contributed by atoms with Crippen molar-refractivity contribution in [2.45, 2.75) is 44.4 Å². The van der Waals surface area contributed by atoms with E-state index in [9.17, 15) is 14.7 Å². The number of hydrogen-bond donors (Lipinski definition) is 2. The van der Waals surface area contributed by atoms with Gasteiger partial charge in [0.05, 0.1) is 32.3 Å². The van der Waals surface area contributed by atoms with Crippen molar-refractivity contribution in [2.75, 3.05) is 20.2 Å². The van der Waals surface area contributed by atoms with Gasteiger partial charge in [0, 0.05) is 19.5 Å². The number of rotatable bonds is 3. The molecule has 1 saturated heterocycles. The van der Waals surface area contributed by atoms with Crippen LogP contribution in [-0.4, -0.2) is 54.2 Å². The molecule has 2 atom stereocenters. The van der Waals surface area contributed by atoms with Crippen LogP contribution in [0.3, 0.4) is 0 Å². The van der Waals surface area contributed by atoms with Gasteiger partial charge in [0.15, 0.2) is 11.5 Å². The molecule has 5 rings (SSSR count). The number of nitrogens with one attached hydrogen (secondary N) is 1. The Kier molecular flexibility index (Phi) is 7.79. The number of aromatic hydroxyl groups is 1. The van der Waals surface area contributed by atoms with Gasteiger partial charge in [-0.25, -0.2) is 0 Å². The minimum absolute atomic E-state index is 0.0465. The molecule has 0 aliphatic carbocycles. The third-order valence-electron chi connectivity index (χ3n) is 6.97. The van der Waals surface area contributed by atoms with Gasteiger partial charge in [0.1, 0.15) is 11.5 Å². The topological polar surface area (TPSA) is 97.3 Å². The Hall–Kier alpha value is -4.04. The number of fused-ring (bicyclic) bond motifs is 5. The van der Waals surface area contributed by atoms with E-state index in [4.69, 9.17) is 14.2 Å². The van der Waals surface area contributed by atoms with Gasteiger partial charge in [-0.1, -0.05) is 30.3 Å². The van der Waals surface area contributed by atoms with Gasteiger partial charge in [0.25, 0.3) is 0 Å². The van der Waals surface area contributed by atoms with Gasteiger partial charge in [-0.2, -0.15) is 0 Å². The van der Waals surface area contributed by atoms with Gasteiger partial charge in [-0.15, -0.1) is 0 Å². The average molecular weight is 517 g/mol. The monoisotopic (exact) mass is 516 g/mol. The minimum atomic E-state index is -0.333. The van der Waals surface area contributed by atoms with Crippen molar-refractivity contribution in [1.82, 2.24) is 10.2 Å². The Morgan fingerprint density at radius 3 is 2.79 bits per heavy atom. The molecule has 8 nitrogen and oxygen atoms in total. The highest BCUT2D eigenvalue weighted by atomic mass is 16.5. The number of amides is 2. The molecule has 198 valence electrons. The van der Waals surface area contributed by atoms with E-state index >= 15 is 0 Å². The van der Waals surface area contributed by atoms with Crippen molar-refractivity contribution >= 4 is 11.8 Å². The second-order valence-electron chi connectivity index (χ2n) is 9.73. The summed E-state index contributed by atoms with van der Waals surface area (Å²) in [5, 5.41) is 12.9. The molecule has 0 unspecified atom stereocenters. The summed E-state index contributed by atoms with van der Waals surface area (Å²) in [6.45, 7) is 1.25. The third kappa shape index (κ3) is 6.26. The first-order valence-electron chi connectivity index (χ1n) is 12.9. The normalized spacial score (nSPS) is 19.7. The van der Waals surface area contributed by atoms with Crippen molar-refractivity contribution in [1.29, 1.82) is 0 Å². The SMILES string of the molecule is COc1ccc2cc1Oc1cccc(c1)CO[C@@H]1CCN(C(=O)Cc3cccc(O)c3)C[C@@H]1NC(=O)CC2. The summed E-state index contributed by atoms with van der Waals surface area (Å²) >= 11 is 0. The molecule has 0 spiro atoms. The number of carbonyl (C=O) groups excluding carboxylic acids is 2. The van der Waals surface area contributed by atoms with E-state index in [-0.39, 0.29) is 36.1 Å². The molecule has 0 radical (unpaired) electrons. The third-order valence-corrected chi connectivity index (χ3v) is 6.97. The Balaban J connectivity index is 1.35. The van der Waals surface area contributed by atoms with E-state index in [0.29, 0.717) is 56.2 Å². The van der Waals surface area contributed by atoms with Gasteiger partial charge < -0.3 is 29.5 Å². The number of phenolic OH excluding ortho intramolecular Hbond substituents is 1. The maximum absolute atomic E-state index is 13.1. The van der Waals surface area contributed by atoms with E-state index in [0.717, 1.165) is 16.7 Å². The lowest BCUT2D eigenvalue weighted by atomic mass is 10.00. The number of hydrogen-bond acceptors (Lipinski definition) is 6. The van der Waals surface area contributed by atoms with Crippen molar-refractivity contribution in [3.05, 3.63) is 83.4 Å². The molecule has 2 N–H and O–H groups in total. The van der Waals surface area contributed by atoms with Gasteiger partial charge in [-0.3, -0.25) is 9.59 Å². The maximum Gasteiger partial charge on any atom is 0.227 e. The lowest BCUT2D eigenvalue weighted by Gasteiger charge is -2.39. The number of piperidine rings is 1. The molecule has 0 aromatic heterocycles. The first kappa shape index (κ1) is 25.6. The molecular formula is C30H32N2O6. The van der Waals surface area contributed by atoms with Gasteiger partial charge in [-0.05, 0) is 65.9 Å². The lowest BCUT2D eigenvalue weighted by molar-refractivity contribution is -0.136. The lowest BCUT2D eigenvalue weighted by Crippen LogP contribution is -2.57. The largest absolute Gasteiger partial charge is 0.508 e. The predicted octanol–water partition coefficient (Wildman–Crippen LogP) is 3.98. The van der Waals surface area contributed by atoms with Crippen molar-refractivity contribution in [2.24, 2.45) is 0 Å². The molecule has 2 aliphatic heterocycles. The highest BCUT2D eigenvalue weighted by Gasteiger charge is 2.33. The number of carbonyl (C=O) groups is 2. The number of phenols is 1. The first-order chi connectivity index (χ1) is 18.5. The standard InChI is InChI=1S/C30H32N2O6/c1-36-27-10-8-20-9-11-29(34)31-25-18-32(30(35)17-21-4-2-6-23(33)14-21)13-12-26(25)37-19-22-5-3-7-24(15-22)38-28(27)16-20/h2-8,10,14-16,25-26,33H,9,11-13,17-19H2,1H3,(H,31,34)/t25-,26+/m0/s1. The molecule has 4 bridgehead atoms. The summed E-state index contributed by atoms with van der Waals surface area (Å²) in [4.78, 5) is 27.8. The van der Waals surface area contributed by atoms with Crippen LogP contribution in [0.25, 0.3) is 0 Å². The number of benzene rings is 3. The van der Waals surface area contributed by atoms with Crippen LogP contribution in [0.5, 0.6) is 23.0 Å². The minimum Gasteiger partial charge on any atom is -0.508 e. The second kappa shape index (κ2) is 11.6. The summed E-state index contributed by atoms with van der Waals surface area (Å²) in [5.74, 6) is 1.87. The van der Waals surface area contributed by atoms with Crippen LogP contribution < -0.4 is 14.8 Å². The molecule has 3 aromatic rings. The van der Waals surface area contributed by atoms with Crippen LogP contribution in [0, 0.1) is 0 Å². The predicted molar refractivity (Wildman–Crippen MR) is 141 cm³/mol. The quantitative estimate of drug-likeness (QED) is 0.547. The zero-order valence-electron chi connectivity index (χ0n) is 21.4. The van der Waals surface area contributed by atoms with Crippen molar-refractivity contribution in [3.63, 3.8) is 0 Å². The zero-order chi connectivity index (χ0) is 26.5. The van der Waals surface area contributed by atoms with Crippen molar-refractivity contribution in [3.8, 4) is 23.0 Å². The van der Waals surface area contributed by atoms with Crippen molar-refractivity contribution < 1.29 is 28.9 Å². The molecular weight excluding hydrogens is 484 g/mol. The van der Waals surface area contributed by atoms with Crippen LogP contribution in [0.1, 0.15) is 29.5 Å². The highest BCUT2D eigenvalue weighted by molar-refractivity contribution is 5.80. The molecule has 8 heteroatoms. The Labute approximate surface area is 222 Å². The molecule has 0 saturated carbocycles. The molecule has 2 amide bonds. The highest BCUT2D eigenvalue weighted by Crippen LogP contribution is 2.33. The Bertz CT molecular complexity index is 1310. The van der Waals surface area contributed by atoms with Crippen LogP contribution in [0.2, 0.25) is 0 Å². The number of likely N-dealkylation sites (tertiary alicyclic amines) is 1. The fourth-order valence-corrected chi connectivity index (χ4v) is 4.97. The average Bonchev–Trinajstić information content (AvgIpc) is 2.91. The van der Waals surface area contributed by atoms with E-state index in [1.165, 1.54) is 0 Å². The van der Waals surface area contributed by atoms with E-state index in [2.05, 4.69) is 5.32 Å². The molecule has 2 heterocycles. The smallest absolute Gasteiger partial charge is 0.227 e. The first-order valence-corrected chi connectivity index (χ1v) is 12.9. The van der Waals surface area contributed by atoms with E-state index in [1.54, 1.807) is 30.2 Å².